The van der Waals surface area contributed by atoms with Gasteiger partial charge in [-0.25, -0.2) is 9.48 Å². The summed E-state index contributed by atoms with van der Waals surface area (Å²) in [6.45, 7) is -0.118. The van der Waals surface area contributed by atoms with Gasteiger partial charge in [-0.1, -0.05) is 28.9 Å². The molecule has 2 aromatic heterocycles. The van der Waals surface area contributed by atoms with Gasteiger partial charge < -0.3 is 9.26 Å². The number of esters is 1. The third-order valence-corrected chi connectivity index (χ3v) is 3.98. The molecule has 0 saturated carbocycles. The first-order valence-electron chi connectivity index (χ1n) is 8.05. The maximum Gasteiger partial charge on any atom is 0.338 e. The van der Waals surface area contributed by atoms with Gasteiger partial charge in [0.05, 0.1) is 11.3 Å². The van der Waals surface area contributed by atoms with Gasteiger partial charge in [-0.05, 0) is 42.5 Å². The van der Waals surface area contributed by atoms with E-state index in [2.05, 4.69) is 15.2 Å². The Balaban J connectivity index is 1.39. The van der Waals surface area contributed by atoms with E-state index in [0.717, 1.165) is 11.3 Å². The fraction of sp³-hybridized carbons (Fsp3) is 0.0526. The third kappa shape index (κ3) is 3.88. The third-order valence-electron chi connectivity index (χ3n) is 3.75. The maximum absolute atomic E-state index is 12.2. The van der Waals surface area contributed by atoms with E-state index in [-0.39, 0.29) is 12.5 Å². The van der Waals surface area contributed by atoms with E-state index >= 15 is 0 Å². The number of hydrogen-bond donors (Lipinski definition) is 0. The van der Waals surface area contributed by atoms with Crippen LogP contribution in [-0.2, 0) is 11.3 Å². The lowest BCUT2D eigenvalue weighted by Gasteiger charge is -2.04. The normalized spacial score (nSPS) is 10.7. The molecule has 2 heterocycles. The zero-order valence-electron chi connectivity index (χ0n) is 13.9. The predicted molar refractivity (Wildman–Crippen MR) is 97.4 cm³/mol. The molecule has 0 radical (unpaired) electrons. The Bertz CT molecular complexity index is 1060. The van der Waals surface area contributed by atoms with E-state index in [1.165, 1.54) is 0 Å². The Morgan fingerprint density at radius 2 is 2.00 bits per heavy atom. The number of ether oxygens (including phenoxy) is 1. The minimum Gasteiger partial charge on any atom is -0.452 e. The van der Waals surface area contributed by atoms with E-state index in [9.17, 15) is 4.79 Å². The smallest absolute Gasteiger partial charge is 0.338 e. The molecule has 0 saturated heterocycles. The van der Waals surface area contributed by atoms with Gasteiger partial charge in [0.2, 0.25) is 5.82 Å². The maximum atomic E-state index is 12.2. The number of carbonyl (C=O) groups is 1. The van der Waals surface area contributed by atoms with Gasteiger partial charge in [0.25, 0.3) is 5.89 Å². The Morgan fingerprint density at radius 1 is 1.15 bits per heavy atom. The van der Waals surface area contributed by atoms with Crippen molar-refractivity contribution in [3.63, 3.8) is 0 Å². The van der Waals surface area contributed by atoms with Crippen molar-refractivity contribution >= 4 is 17.6 Å². The van der Waals surface area contributed by atoms with Crippen molar-refractivity contribution < 1.29 is 14.1 Å². The SMILES string of the molecule is O=C(OCc1nc(-c2cccc(Cl)c2)no1)c1ccc(-n2cccn2)cc1. The Kier molecular flexibility index (Phi) is 4.67. The molecule has 0 unspecified atom stereocenters. The first-order chi connectivity index (χ1) is 13.2. The van der Waals surface area contributed by atoms with Gasteiger partial charge in [-0.3, -0.25) is 0 Å². The summed E-state index contributed by atoms with van der Waals surface area (Å²) in [7, 11) is 0. The number of hydrogen-bond acceptors (Lipinski definition) is 6. The first kappa shape index (κ1) is 17.0. The highest BCUT2D eigenvalue weighted by atomic mass is 35.5. The Morgan fingerprint density at radius 3 is 2.74 bits per heavy atom. The number of aromatic nitrogens is 4. The average Bonchev–Trinajstić information content (AvgIpc) is 3.38. The van der Waals surface area contributed by atoms with E-state index in [0.29, 0.717) is 16.4 Å². The van der Waals surface area contributed by atoms with Gasteiger partial charge in [-0.15, -0.1) is 0 Å². The van der Waals surface area contributed by atoms with E-state index in [1.807, 2.05) is 18.3 Å². The highest BCUT2D eigenvalue weighted by Gasteiger charge is 2.13. The standard InChI is InChI=1S/C19H13ClN4O3/c20-15-4-1-3-14(11-15)18-22-17(27-23-18)12-26-19(25)13-5-7-16(8-6-13)24-10-2-9-21-24/h1-11H,12H2. The van der Waals surface area contributed by atoms with Crippen LogP contribution in [0, 0.1) is 0 Å². The monoisotopic (exact) mass is 380 g/mol. The highest BCUT2D eigenvalue weighted by molar-refractivity contribution is 6.30. The lowest BCUT2D eigenvalue weighted by atomic mass is 10.2. The summed E-state index contributed by atoms with van der Waals surface area (Å²) >= 11 is 5.95. The fourth-order valence-corrected chi connectivity index (χ4v) is 2.63. The molecule has 0 aliphatic heterocycles. The molecule has 7 nitrogen and oxygen atoms in total. The molecule has 27 heavy (non-hydrogen) atoms. The summed E-state index contributed by atoms with van der Waals surface area (Å²) in [5.74, 6) is 0.100. The number of nitrogens with zero attached hydrogens (tertiary/aromatic N) is 4. The van der Waals surface area contributed by atoms with Gasteiger partial charge in [0.1, 0.15) is 0 Å². The number of halogens is 1. The van der Waals surface area contributed by atoms with Gasteiger partial charge >= 0.3 is 5.97 Å². The quantitative estimate of drug-likeness (QED) is 0.488. The molecule has 0 fully saturated rings. The van der Waals surface area contributed by atoms with E-state index in [1.54, 1.807) is 53.3 Å². The average molecular weight is 381 g/mol. The summed E-state index contributed by atoms with van der Waals surface area (Å²) < 4.78 is 12.1. The lowest BCUT2D eigenvalue weighted by Crippen LogP contribution is -2.06. The Labute approximate surface area is 159 Å². The molecule has 0 N–H and O–H groups in total. The number of rotatable bonds is 5. The zero-order valence-corrected chi connectivity index (χ0v) is 14.7. The van der Waals surface area contributed by atoms with Crippen molar-refractivity contribution in [2.75, 3.05) is 0 Å². The number of benzene rings is 2. The molecule has 0 bridgehead atoms. The molecule has 0 aliphatic rings. The largest absolute Gasteiger partial charge is 0.452 e. The minimum absolute atomic E-state index is 0.118. The van der Waals surface area contributed by atoms with Crippen molar-refractivity contribution in [3.05, 3.63) is 83.5 Å². The van der Waals surface area contributed by atoms with Crippen molar-refractivity contribution in [3.8, 4) is 17.1 Å². The Hall–Kier alpha value is -3.45. The molecular formula is C19H13ClN4O3. The van der Waals surface area contributed by atoms with Crippen LogP contribution in [0.3, 0.4) is 0 Å². The second-order valence-corrected chi connectivity index (χ2v) is 6.03. The fourth-order valence-electron chi connectivity index (χ4n) is 2.44. The van der Waals surface area contributed by atoms with Gasteiger partial charge in [-0.2, -0.15) is 10.1 Å². The molecule has 0 amide bonds. The summed E-state index contributed by atoms with van der Waals surface area (Å²) in [4.78, 5) is 16.4. The molecule has 4 rings (SSSR count). The lowest BCUT2D eigenvalue weighted by molar-refractivity contribution is 0.0430. The van der Waals surface area contributed by atoms with E-state index < -0.39 is 5.97 Å². The molecule has 0 aliphatic carbocycles. The second kappa shape index (κ2) is 7.43. The van der Waals surface area contributed by atoms with Crippen LogP contribution in [0.25, 0.3) is 17.1 Å². The van der Waals surface area contributed by atoms with Crippen molar-refractivity contribution in [2.24, 2.45) is 0 Å². The molecule has 8 heteroatoms. The zero-order chi connectivity index (χ0) is 18.6. The molecule has 4 aromatic rings. The van der Waals surface area contributed by atoms with Crippen molar-refractivity contribution in [1.29, 1.82) is 0 Å². The van der Waals surface area contributed by atoms with E-state index in [4.69, 9.17) is 20.9 Å². The summed E-state index contributed by atoms with van der Waals surface area (Å²) in [5, 5.41) is 8.58. The molecule has 0 spiro atoms. The second-order valence-electron chi connectivity index (χ2n) is 5.60. The summed E-state index contributed by atoms with van der Waals surface area (Å²) in [6, 6.07) is 15.8. The molecule has 2 aromatic carbocycles. The minimum atomic E-state index is -0.482. The number of carbonyl (C=O) groups excluding carboxylic acids is 1. The van der Waals surface area contributed by atoms with Crippen LogP contribution < -0.4 is 0 Å². The predicted octanol–water partition coefficient (Wildman–Crippen LogP) is 3.93. The summed E-state index contributed by atoms with van der Waals surface area (Å²) in [6.07, 6.45) is 3.50. The van der Waals surface area contributed by atoms with Crippen LogP contribution >= 0.6 is 11.6 Å². The first-order valence-corrected chi connectivity index (χ1v) is 8.42. The van der Waals surface area contributed by atoms with Gasteiger partial charge in [0.15, 0.2) is 6.61 Å². The molecular weight excluding hydrogens is 368 g/mol. The van der Waals surface area contributed by atoms with Crippen molar-refractivity contribution in [1.82, 2.24) is 19.9 Å². The van der Waals surface area contributed by atoms with Gasteiger partial charge in [0, 0.05) is 23.0 Å². The van der Waals surface area contributed by atoms with Crippen LogP contribution in [0.1, 0.15) is 16.2 Å². The van der Waals surface area contributed by atoms with Crippen LogP contribution in [0.15, 0.2) is 71.5 Å². The topological polar surface area (TPSA) is 83.0 Å². The highest BCUT2D eigenvalue weighted by Crippen LogP contribution is 2.20. The van der Waals surface area contributed by atoms with Crippen LogP contribution in [0.4, 0.5) is 0 Å². The van der Waals surface area contributed by atoms with Crippen LogP contribution in [-0.4, -0.2) is 25.9 Å². The molecule has 134 valence electrons. The van der Waals surface area contributed by atoms with Crippen LogP contribution in [0.5, 0.6) is 0 Å². The molecule has 0 atom stereocenters. The van der Waals surface area contributed by atoms with Crippen molar-refractivity contribution in [2.45, 2.75) is 6.61 Å². The van der Waals surface area contributed by atoms with Crippen LogP contribution in [0.2, 0.25) is 5.02 Å². The summed E-state index contributed by atoms with van der Waals surface area (Å²) in [5.41, 5.74) is 1.98.